The van der Waals surface area contributed by atoms with Crippen LogP contribution in [0.4, 0.5) is 0 Å². The summed E-state index contributed by atoms with van der Waals surface area (Å²) in [7, 11) is 2.04. The maximum Gasteiger partial charge on any atom is 0.0937 e. The van der Waals surface area contributed by atoms with Gasteiger partial charge in [-0.1, -0.05) is 18.2 Å². The van der Waals surface area contributed by atoms with Crippen LogP contribution in [0.1, 0.15) is 18.1 Å². The molecule has 108 valence electrons. The minimum absolute atomic E-state index is 0.417. The number of nitrogens with zero attached hydrogens (tertiary/aromatic N) is 2. The van der Waals surface area contributed by atoms with Gasteiger partial charge >= 0.3 is 0 Å². The van der Waals surface area contributed by atoms with Gasteiger partial charge in [-0.15, -0.1) is 0 Å². The van der Waals surface area contributed by atoms with Crippen LogP contribution in [0.3, 0.4) is 0 Å². The third-order valence-corrected chi connectivity index (χ3v) is 4.15. The number of aliphatic hydroxyl groups excluding tert-OH is 1. The molecule has 0 saturated carbocycles. The van der Waals surface area contributed by atoms with Crippen molar-refractivity contribution in [2.75, 3.05) is 32.7 Å². The summed E-state index contributed by atoms with van der Waals surface area (Å²) in [6, 6.07) is 8.27. The molecular formula is C16H23N3O. The van der Waals surface area contributed by atoms with Gasteiger partial charge in [0.2, 0.25) is 0 Å². The van der Waals surface area contributed by atoms with Gasteiger partial charge in [-0.05, 0) is 25.6 Å². The van der Waals surface area contributed by atoms with E-state index in [1.165, 1.54) is 5.52 Å². The van der Waals surface area contributed by atoms with Gasteiger partial charge in [0.25, 0.3) is 0 Å². The molecule has 1 atom stereocenters. The number of aromatic nitrogens is 1. The lowest BCUT2D eigenvalue weighted by molar-refractivity contribution is 0.118. The summed E-state index contributed by atoms with van der Waals surface area (Å²) in [4.78, 5) is 2.35. The average molecular weight is 273 g/mol. The van der Waals surface area contributed by atoms with Crippen molar-refractivity contribution in [2.24, 2.45) is 7.05 Å². The van der Waals surface area contributed by atoms with E-state index >= 15 is 0 Å². The van der Waals surface area contributed by atoms with Gasteiger partial charge in [-0.2, -0.15) is 0 Å². The Balaban J connectivity index is 1.79. The third kappa shape index (κ3) is 2.73. The van der Waals surface area contributed by atoms with Crippen molar-refractivity contribution in [1.29, 1.82) is 0 Å². The number of fused-ring (bicyclic) bond motifs is 1. The van der Waals surface area contributed by atoms with E-state index < -0.39 is 6.10 Å². The molecule has 1 aromatic carbocycles. The van der Waals surface area contributed by atoms with Crippen LogP contribution in [0.2, 0.25) is 0 Å². The minimum atomic E-state index is -0.417. The molecule has 0 bridgehead atoms. The predicted octanol–water partition coefficient (Wildman–Crippen LogP) is 1.51. The van der Waals surface area contributed by atoms with Gasteiger partial charge in [0, 0.05) is 49.3 Å². The second-order valence-corrected chi connectivity index (χ2v) is 5.63. The van der Waals surface area contributed by atoms with Crippen molar-refractivity contribution >= 4 is 10.9 Å². The Kier molecular flexibility index (Phi) is 4.05. The molecule has 0 aliphatic carbocycles. The molecule has 4 heteroatoms. The molecule has 1 aliphatic rings. The molecule has 1 saturated heterocycles. The summed E-state index contributed by atoms with van der Waals surface area (Å²) in [6.45, 7) is 4.90. The molecule has 2 heterocycles. The molecule has 4 nitrogen and oxygen atoms in total. The topological polar surface area (TPSA) is 40.4 Å². The molecule has 2 aromatic rings. The van der Waals surface area contributed by atoms with E-state index in [1.54, 1.807) is 0 Å². The largest absolute Gasteiger partial charge is 0.387 e. The first-order chi connectivity index (χ1) is 9.75. The SMILES string of the molecule is Cn1cc(C(O)CN2CCCNCC2)c2ccccc21. The lowest BCUT2D eigenvalue weighted by Gasteiger charge is -2.22. The van der Waals surface area contributed by atoms with Crippen molar-refractivity contribution in [3.8, 4) is 0 Å². The van der Waals surface area contributed by atoms with Gasteiger partial charge in [-0.25, -0.2) is 0 Å². The number of benzene rings is 1. The van der Waals surface area contributed by atoms with Crippen LogP contribution in [0.5, 0.6) is 0 Å². The molecule has 20 heavy (non-hydrogen) atoms. The summed E-state index contributed by atoms with van der Waals surface area (Å²) in [6.07, 6.45) is 2.80. The molecule has 3 rings (SSSR count). The number of rotatable bonds is 3. The highest BCUT2D eigenvalue weighted by Gasteiger charge is 2.18. The summed E-state index contributed by atoms with van der Waals surface area (Å²) in [5, 5.41) is 15.2. The maximum atomic E-state index is 10.6. The second kappa shape index (κ2) is 5.95. The van der Waals surface area contributed by atoms with Crippen LogP contribution in [-0.4, -0.2) is 47.3 Å². The highest BCUT2D eigenvalue weighted by atomic mass is 16.3. The van der Waals surface area contributed by atoms with E-state index in [1.807, 2.05) is 19.2 Å². The number of hydrogen-bond donors (Lipinski definition) is 2. The van der Waals surface area contributed by atoms with E-state index in [-0.39, 0.29) is 0 Å². The number of hydrogen-bond acceptors (Lipinski definition) is 3. The van der Waals surface area contributed by atoms with Crippen LogP contribution in [0, 0.1) is 0 Å². The standard InChI is InChI=1S/C16H23N3O/c1-18-11-14(13-5-2-3-6-15(13)18)16(20)12-19-9-4-7-17-8-10-19/h2-3,5-6,11,16-17,20H,4,7-10,12H2,1H3. The Hall–Kier alpha value is -1.36. The molecule has 0 amide bonds. The molecule has 0 radical (unpaired) electrons. The van der Waals surface area contributed by atoms with Gasteiger partial charge < -0.3 is 15.0 Å². The first kappa shape index (κ1) is 13.6. The lowest BCUT2D eigenvalue weighted by Crippen LogP contribution is -2.32. The normalized spacial score (nSPS) is 19.1. The molecule has 1 unspecified atom stereocenters. The van der Waals surface area contributed by atoms with Crippen molar-refractivity contribution in [3.05, 3.63) is 36.0 Å². The Morgan fingerprint density at radius 1 is 1.25 bits per heavy atom. The van der Waals surface area contributed by atoms with Gasteiger partial charge in [0.1, 0.15) is 0 Å². The summed E-state index contributed by atoms with van der Waals surface area (Å²) < 4.78 is 2.10. The minimum Gasteiger partial charge on any atom is -0.387 e. The van der Waals surface area contributed by atoms with Crippen LogP contribution >= 0.6 is 0 Å². The van der Waals surface area contributed by atoms with E-state index in [2.05, 4.69) is 33.1 Å². The Morgan fingerprint density at radius 2 is 2.10 bits per heavy atom. The molecule has 1 aromatic heterocycles. The second-order valence-electron chi connectivity index (χ2n) is 5.63. The average Bonchev–Trinajstić information content (AvgIpc) is 2.64. The highest BCUT2D eigenvalue weighted by molar-refractivity contribution is 5.84. The summed E-state index contributed by atoms with van der Waals surface area (Å²) in [5.41, 5.74) is 2.22. The fraction of sp³-hybridized carbons (Fsp3) is 0.500. The number of β-amino-alcohol motifs (C(OH)–C–C–N with tert-alkyl or cyclic N) is 1. The van der Waals surface area contributed by atoms with Crippen LogP contribution in [-0.2, 0) is 7.05 Å². The number of aliphatic hydroxyl groups is 1. The molecule has 0 spiro atoms. The van der Waals surface area contributed by atoms with Crippen molar-refractivity contribution in [1.82, 2.24) is 14.8 Å². The van der Waals surface area contributed by atoms with Crippen molar-refractivity contribution < 1.29 is 5.11 Å². The predicted molar refractivity (Wildman–Crippen MR) is 81.8 cm³/mol. The number of para-hydroxylation sites is 1. The van der Waals surface area contributed by atoms with E-state index in [0.717, 1.165) is 50.1 Å². The quantitative estimate of drug-likeness (QED) is 0.890. The number of nitrogens with one attached hydrogen (secondary N) is 1. The smallest absolute Gasteiger partial charge is 0.0937 e. The molecule has 1 aliphatic heterocycles. The lowest BCUT2D eigenvalue weighted by atomic mass is 10.1. The maximum absolute atomic E-state index is 10.6. The molecule has 2 N–H and O–H groups in total. The third-order valence-electron chi connectivity index (χ3n) is 4.15. The zero-order valence-corrected chi connectivity index (χ0v) is 12.0. The molecule has 1 fully saturated rings. The first-order valence-electron chi connectivity index (χ1n) is 7.41. The van der Waals surface area contributed by atoms with E-state index in [9.17, 15) is 5.11 Å². The van der Waals surface area contributed by atoms with Crippen molar-refractivity contribution in [2.45, 2.75) is 12.5 Å². The first-order valence-corrected chi connectivity index (χ1v) is 7.41. The van der Waals surface area contributed by atoms with E-state index in [4.69, 9.17) is 0 Å². The summed E-state index contributed by atoms with van der Waals surface area (Å²) in [5.74, 6) is 0. The zero-order chi connectivity index (χ0) is 13.9. The zero-order valence-electron chi connectivity index (χ0n) is 12.0. The van der Waals surface area contributed by atoms with Crippen LogP contribution in [0.15, 0.2) is 30.5 Å². The Bertz CT molecular complexity index is 570. The van der Waals surface area contributed by atoms with E-state index in [0.29, 0.717) is 0 Å². The summed E-state index contributed by atoms with van der Waals surface area (Å²) >= 11 is 0. The van der Waals surface area contributed by atoms with Gasteiger partial charge in [-0.3, -0.25) is 4.90 Å². The van der Waals surface area contributed by atoms with Gasteiger partial charge in [0.15, 0.2) is 0 Å². The van der Waals surface area contributed by atoms with Gasteiger partial charge in [0.05, 0.1) is 6.10 Å². The van der Waals surface area contributed by atoms with Crippen LogP contribution in [0.25, 0.3) is 10.9 Å². The number of aryl methyl sites for hydroxylation is 1. The fourth-order valence-electron chi connectivity index (χ4n) is 3.07. The molecular weight excluding hydrogens is 250 g/mol. The Labute approximate surface area is 120 Å². The van der Waals surface area contributed by atoms with Crippen molar-refractivity contribution in [3.63, 3.8) is 0 Å². The monoisotopic (exact) mass is 273 g/mol. The highest BCUT2D eigenvalue weighted by Crippen LogP contribution is 2.26. The Morgan fingerprint density at radius 3 is 3.00 bits per heavy atom. The fourth-order valence-corrected chi connectivity index (χ4v) is 3.07. The van der Waals surface area contributed by atoms with Crippen LogP contribution < -0.4 is 5.32 Å².